The first-order valence-corrected chi connectivity index (χ1v) is 16.3. The normalized spacial score (nSPS) is 17.2. The van der Waals surface area contributed by atoms with E-state index in [0.29, 0.717) is 59.0 Å². The van der Waals surface area contributed by atoms with E-state index in [1.807, 2.05) is 78.9 Å². The van der Waals surface area contributed by atoms with Crippen LogP contribution in [0.1, 0.15) is 34.8 Å². The maximum atomic E-state index is 14.4. The van der Waals surface area contributed by atoms with Gasteiger partial charge in [-0.2, -0.15) is 0 Å². The van der Waals surface area contributed by atoms with Crippen LogP contribution in [0.3, 0.4) is 0 Å². The van der Waals surface area contributed by atoms with Crippen LogP contribution in [0.5, 0.6) is 11.5 Å². The van der Waals surface area contributed by atoms with Crippen molar-refractivity contribution < 1.29 is 24.1 Å². The average molecular weight is 727 g/mol. The number of hydrazine groups is 1. The predicted octanol–water partition coefficient (Wildman–Crippen LogP) is 6.89. The van der Waals surface area contributed by atoms with Crippen molar-refractivity contribution in [1.29, 1.82) is 0 Å². The van der Waals surface area contributed by atoms with Gasteiger partial charge in [0, 0.05) is 46.1 Å². The fraction of sp³-hybridized carbons (Fsp3) is 0.257. The molecule has 0 spiro atoms. The molecule has 0 aliphatic carbocycles. The number of amides is 1. The van der Waals surface area contributed by atoms with E-state index in [-0.39, 0.29) is 18.9 Å². The predicted molar refractivity (Wildman–Crippen MR) is 184 cm³/mol. The highest BCUT2D eigenvalue weighted by Gasteiger charge is 2.53. The summed E-state index contributed by atoms with van der Waals surface area (Å²) < 4.78 is 18.7. The van der Waals surface area contributed by atoms with Crippen molar-refractivity contribution in [3.8, 4) is 11.5 Å². The van der Waals surface area contributed by atoms with Gasteiger partial charge in [0.05, 0.1) is 13.7 Å². The van der Waals surface area contributed by atoms with Gasteiger partial charge in [0.1, 0.15) is 11.5 Å². The molecule has 0 saturated heterocycles. The lowest BCUT2D eigenvalue weighted by atomic mass is 9.82. The summed E-state index contributed by atoms with van der Waals surface area (Å²) >= 11 is 16.1. The molecular weight excluding hydrogens is 693 g/mol. The van der Waals surface area contributed by atoms with E-state index in [0.717, 1.165) is 21.2 Å². The molecule has 0 fully saturated rings. The topological polar surface area (TPSA) is 101 Å². The van der Waals surface area contributed by atoms with Crippen LogP contribution in [0.15, 0.2) is 100 Å². The molecule has 0 bridgehead atoms. The molecule has 46 heavy (non-hydrogen) atoms. The minimum atomic E-state index is -1.41. The molecule has 0 saturated carbocycles. The van der Waals surface area contributed by atoms with Gasteiger partial charge in [0.25, 0.3) is 5.91 Å². The lowest BCUT2D eigenvalue weighted by Gasteiger charge is -2.31. The Hall–Kier alpha value is -3.60. The molecule has 3 N–H and O–H groups in total. The first-order valence-electron chi connectivity index (χ1n) is 14.8. The molecule has 240 valence electrons. The summed E-state index contributed by atoms with van der Waals surface area (Å²) in [7, 11) is 1.60. The van der Waals surface area contributed by atoms with Crippen LogP contribution in [-0.4, -0.2) is 49.3 Å². The number of benzene rings is 4. The third kappa shape index (κ3) is 8.03. The number of carbonyl (C=O) groups is 1. The van der Waals surface area contributed by atoms with Crippen LogP contribution in [0.4, 0.5) is 0 Å². The first kappa shape index (κ1) is 33.8. The van der Waals surface area contributed by atoms with Gasteiger partial charge in [-0.3, -0.25) is 10.2 Å². The number of aliphatic imine (C=N–C) groups is 1. The molecule has 4 aromatic rings. The molecular formula is C35H34BrCl2N3O5. The molecule has 8 nitrogen and oxygen atoms in total. The molecule has 0 radical (unpaired) electrons. The van der Waals surface area contributed by atoms with Crippen LogP contribution in [0, 0.1) is 0 Å². The van der Waals surface area contributed by atoms with Crippen molar-refractivity contribution in [2.75, 3.05) is 26.9 Å². The number of rotatable bonds is 14. The Kier molecular flexibility index (Phi) is 11.6. The molecule has 5 rings (SSSR count). The summed E-state index contributed by atoms with van der Waals surface area (Å²) in [5.74, 6) is 1.25. The molecule has 2 atom stereocenters. The van der Waals surface area contributed by atoms with Gasteiger partial charge in [0.2, 0.25) is 5.90 Å². The summed E-state index contributed by atoms with van der Waals surface area (Å²) in [5, 5.41) is 10.2. The molecule has 0 unspecified atom stereocenters. The third-order valence-corrected chi connectivity index (χ3v) is 8.94. The van der Waals surface area contributed by atoms with E-state index in [1.54, 1.807) is 19.2 Å². The highest BCUT2D eigenvalue weighted by Crippen LogP contribution is 2.44. The van der Waals surface area contributed by atoms with E-state index in [4.69, 9.17) is 47.5 Å². The molecule has 1 heterocycles. The summed E-state index contributed by atoms with van der Waals surface area (Å²) in [4.78, 5) is 19.5. The van der Waals surface area contributed by atoms with E-state index in [1.165, 1.54) is 0 Å². The van der Waals surface area contributed by atoms with Crippen LogP contribution >= 0.6 is 39.1 Å². The van der Waals surface area contributed by atoms with Gasteiger partial charge >= 0.3 is 0 Å². The van der Waals surface area contributed by atoms with Gasteiger partial charge in [-0.1, -0.05) is 75.5 Å². The highest BCUT2D eigenvalue weighted by molar-refractivity contribution is 9.10. The van der Waals surface area contributed by atoms with Crippen molar-refractivity contribution in [3.05, 3.63) is 128 Å². The van der Waals surface area contributed by atoms with Crippen LogP contribution in [-0.2, 0) is 22.4 Å². The van der Waals surface area contributed by atoms with Gasteiger partial charge in [-0.25, -0.2) is 10.4 Å². The fourth-order valence-electron chi connectivity index (χ4n) is 5.19. The largest absolute Gasteiger partial charge is 0.497 e. The lowest BCUT2D eigenvalue weighted by molar-refractivity contribution is -0.130. The van der Waals surface area contributed by atoms with E-state index in [9.17, 15) is 4.79 Å². The fourth-order valence-corrected chi connectivity index (χ4v) is 6.12. The molecule has 11 heteroatoms. The second-order valence-electron chi connectivity index (χ2n) is 10.7. The van der Waals surface area contributed by atoms with Gasteiger partial charge < -0.3 is 19.3 Å². The van der Waals surface area contributed by atoms with E-state index < -0.39 is 11.6 Å². The number of methoxy groups -OCH3 is 1. The third-order valence-electron chi connectivity index (χ3n) is 7.58. The number of aliphatic hydroxyl groups excluding tert-OH is 1. The van der Waals surface area contributed by atoms with Crippen LogP contribution < -0.4 is 20.3 Å². The minimum absolute atomic E-state index is 0.0554. The van der Waals surface area contributed by atoms with Crippen LogP contribution in [0.2, 0.25) is 10.0 Å². The monoisotopic (exact) mass is 725 g/mol. The van der Waals surface area contributed by atoms with Crippen molar-refractivity contribution >= 4 is 50.9 Å². The van der Waals surface area contributed by atoms with Gasteiger partial charge in [-0.15, -0.1) is 0 Å². The summed E-state index contributed by atoms with van der Waals surface area (Å²) in [6, 6.07) is 27.9. The molecule has 1 aliphatic rings. The smallest absolute Gasteiger partial charge is 0.266 e. The first-order chi connectivity index (χ1) is 22.3. The Morgan fingerprint density at radius 3 is 2.54 bits per heavy atom. The van der Waals surface area contributed by atoms with Gasteiger partial charge in [-0.05, 0) is 77.7 Å². The summed E-state index contributed by atoms with van der Waals surface area (Å²) in [5.41, 5.74) is 7.79. The Balaban J connectivity index is 1.49. The summed E-state index contributed by atoms with van der Waals surface area (Å²) in [6.45, 7) is 0.870. The maximum absolute atomic E-state index is 14.4. The Labute approximate surface area is 286 Å². The number of nitrogens with one attached hydrogen (secondary N) is 2. The number of ether oxygens (including phenoxy) is 3. The maximum Gasteiger partial charge on any atom is 0.266 e. The number of carbonyl (C=O) groups excluding carboxylic acids is 1. The zero-order valence-corrected chi connectivity index (χ0v) is 28.2. The second kappa shape index (κ2) is 15.8. The molecule has 4 aromatic carbocycles. The Bertz CT molecular complexity index is 1690. The number of halogens is 3. The van der Waals surface area contributed by atoms with Crippen molar-refractivity contribution in [2.45, 2.75) is 30.9 Å². The van der Waals surface area contributed by atoms with Gasteiger partial charge in [0.15, 0.2) is 11.6 Å². The quantitative estimate of drug-likeness (QED) is 0.0967. The standard InChI is InChI=1S/C35H34BrCl2N3O5/c1-44-29-8-4-7-25(20-29)32-35(22-26-6-2-3-9-30(26)36,34(43)41-39-17-16-23-10-13-27(37)21-31(23)38)40-33(46-32)24-11-14-28(15-12-24)45-19-5-18-42/h2-4,6-15,20-21,32,39,42H,5,16-19,22H2,1H3,(H,41,43)/t32-,35-/m0/s1. The second-order valence-corrected chi connectivity index (χ2v) is 12.4. The highest BCUT2D eigenvalue weighted by atomic mass is 79.9. The Morgan fingerprint density at radius 2 is 1.80 bits per heavy atom. The van der Waals surface area contributed by atoms with E-state index in [2.05, 4.69) is 26.8 Å². The van der Waals surface area contributed by atoms with Crippen molar-refractivity contribution in [1.82, 2.24) is 10.9 Å². The SMILES string of the molecule is COc1cccc([C@@H]2OC(c3ccc(OCCCO)cc3)=N[C@]2(Cc2ccccc2Br)C(=O)NNCCc2ccc(Cl)cc2Cl)c1. The summed E-state index contributed by atoms with van der Waals surface area (Å²) in [6.07, 6.45) is 0.536. The number of hydrogen-bond acceptors (Lipinski definition) is 7. The van der Waals surface area contributed by atoms with Crippen molar-refractivity contribution in [2.24, 2.45) is 4.99 Å². The number of aliphatic hydroxyl groups is 1. The van der Waals surface area contributed by atoms with Crippen molar-refractivity contribution in [3.63, 3.8) is 0 Å². The number of nitrogens with zero attached hydrogens (tertiary/aromatic N) is 1. The lowest BCUT2D eigenvalue weighted by Crippen LogP contribution is -2.54. The molecule has 1 aliphatic heterocycles. The van der Waals surface area contributed by atoms with E-state index >= 15 is 0 Å². The molecule has 1 amide bonds. The Morgan fingerprint density at radius 1 is 1.00 bits per heavy atom. The minimum Gasteiger partial charge on any atom is -0.497 e. The number of hydrogen-bond donors (Lipinski definition) is 3. The zero-order chi connectivity index (χ0) is 32.5. The molecule has 0 aromatic heterocycles. The zero-order valence-electron chi connectivity index (χ0n) is 25.1. The average Bonchev–Trinajstić information content (AvgIpc) is 3.46. The van der Waals surface area contributed by atoms with Crippen LogP contribution in [0.25, 0.3) is 0 Å².